The van der Waals surface area contributed by atoms with Gasteiger partial charge in [-0.25, -0.2) is 0 Å². The van der Waals surface area contributed by atoms with Crippen LogP contribution in [0.15, 0.2) is 59.5 Å². The highest BCUT2D eigenvalue weighted by atomic mass is 32.1. The van der Waals surface area contributed by atoms with Crippen molar-refractivity contribution in [3.63, 3.8) is 0 Å². The zero-order valence-electron chi connectivity index (χ0n) is 15.9. The molecule has 0 radical (unpaired) electrons. The van der Waals surface area contributed by atoms with Gasteiger partial charge >= 0.3 is 0 Å². The summed E-state index contributed by atoms with van der Waals surface area (Å²) < 4.78 is 0. The van der Waals surface area contributed by atoms with Crippen LogP contribution in [0.5, 0.6) is 0 Å². The number of nitrogens with zero attached hydrogens (tertiary/aromatic N) is 2. The van der Waals surface area contributed by atoms with Crippen LogP contribution in [0, 0.1) is 0 Å². The maximum Gasteiger partial charge on any atom is 0.247 e. The second-order valence-electron chi connectivity index (χ2n) is 7.09. The van der Waals surface area contributed by atoms with Crippen molar-refractivity contribution in [2.24, 2.45) is 0 Å². The van der Waals surface area contributed by atoms with E-state index in [9.17, 15) is 4.79 Å². The fourth-order valence-electron chi connectivity index (χ4n) is 3.45. The molecule has 3 aromatic rings. The van der Waals surface area contributed by atoms with Crippen molar-refractivity contribution in [3.8, 4) is 10.6 Å². The lowest BCUT2D eigenvalue weighted by Gasteiger charge is -2.32. The number of anilines is 1. The van der Waals surface area contributed by atoms with E-state index in [1.54, 1.807) is 11.3 Å². The largest absolute Gasteiger partial charge is 0.355 e. The molecule has 144 valence electrons. The van der Waals surface area contributed by atoms with Crippen LogP contribution in [0.25, 0.3) is 16.6 Å². The summed E-state index contributed by atoms with van der Waals surface area (Å²) in [5.41, 5.74) is 2.84. The summed E-state index contributed by atoms with van der Waals surface area (Å²) in [4.78, 5) is 16.0. The van der Waals surface area contributed by atoms with Crippen LogP contribution in [-0.4, -0.2) is 35.2 Å². The quantitative estimate of drug-likeness (QED) is 0.636. The molecule has 0 spiro atoms. The molecular weight excluding hydrogens is 368 g/mol. The highest BCUT2D eigenvalue weighted by Crippen LogP contribution is 2.27. The number of hydrogen-bond donors (Lipinski definition) is 2. The topological polar surface area (TPSA) is 61.0 Å². The number of hydrogen-bond acceptors (Lipinski definition) is 4. The van der Waals surface area contributed by atoms with Crippen molar-refractivity contribution in [2.75, 3.05) is 18.0 Å². The Morgan fingerprint density at radius 1 is 1.21 bits per heavy atom. The van der Waals surface area contributed by atoms with Crippen LogP contribution < -0.4 is 10.2 Å². The van der Waals surface area contributed by atoms with Gasteiger partial charge in [0, 0.05) is 30.8 Å². The van der Waals surface area contributed by atoms with Crippen LogP contribution in [0.4, 0.5) is 5.82 Å². The Bertz CT molecular complexity index is 938. The van der Waals surface area contributed by atoms with Gasteiger partial charge in [0.05, 0.1) is 10.6 Å². The van der Waals surface area contributed by atoms with E-state index in [1.165, 1.54) is 4.88 Å². The fraction of sp³-hybridized carbons (Fsp3) is 0.273. The van der Waals surface area contributed by atoms with E-state index in [4.69, 9.17) is 0 Å². The Balaban J connectivity index is 1.31. The van der Waals surface area contributed by atoms with Gasteiger partial charge < -0.3 is 10.2 Å². The molecule has 4 rings (SSSR count). The number of thiophene rings is 1. The maximum absolute atomic E-state index is 12.5. The minimum Gasteiger partial charge on any atom is -0.355 e. The highest BCUT2D eigenvalue weighted by Gasteiger charge is 2.22. The molecule has 1 aromatic carbocycles. The summed E-state index contributed by atoms with van der Waals surface area (Å²) in [6.07, 6.45) is 3.78. The van der Waals surface area contributed by atoms with E-state index >= 15 is 0 Å². The van der Waals surface area contributed by atoms with Gasteiger partial charge in [0.2, 0.25) is 5.91 Å². The van der Waals surface area contributed by atoms with E-state index in [0.29, 0.717) is 0 Å². The monoisotopic (exact) mass is 392 g/mol. The van der Waals surface area contributed by atoms with E-state index in [0.717, 1.165) is 48.6 Å². The summed E-state index contributed by atoms with van der Waals surface area (Å²) in [6.45, 7) is 3.65. The summed E-state index contributed by atoms with van der Waals surface area (Å²) in [7, 11) is 0. The van der Waals surface area contributed by atoms with Gasteiger partial charge in [-0.1, -0.05) is 36.4 Å². The lowest BCUT2D eigenvalue weighted by Crippen LogP contribution is -2.45. The summed E-state index contributed by atoms with van der Waals surface area (Å²) >= 11 is 1.70. The first-order chi connectivity index (χ1) is 13.7. The number of benzene rings is 1. The first kappa shape index (κ1) is 18.5. The van der Waals surface area contributed by atoms with Crippen LogP contribution in [0.3, 0.4) is 0 Å². The maximum atomic E-state index is 12.5. The Morgan fingerprint density at radius 2 is 2.00 bits per heavy atom. The summed E-state index contributed by atoms with van der Waals surface area (Å²) in [5, 5.41) is 12.8. The standard InChI is InChI=1S/C22H24N4OS/c1-16(14-17-6-3-2-4-7-17)22(27)23-18-9-11-26(12-10-18)21-15-19(24-25-21)20-8-5-13-28-20/h2-8,13-15,18H,9-12H2,1H3,(H,23,27)(H,24,25). The number of carbonyl (C=O) groups excluding carboxylic acids is 1. The van der Waals surface area contributed by atoms with Crippen molar-refractivity contribution in [2.45, 2.75) is 25.8 Å². The lowest BCUT2D eigenvalue weighted by molar-refractivity contribution is -0.118. The Labute approximate surface area is 169 Å². The van der Waals surface area contributed by atoms with Gasteiger partial charge in [-0.05, 0) is 42.9 Å². The van der Waals surface area contributed by atoms with Gasteiger partial charge in [-0.3, -0.25) is 9.89 Å². The number of aromatic amines is 1. The first-order valence-corrected chi connectivity index (χ1v) is 10.5. The van der Waals surface area contributed by atoms with Crippen molar-refractivity contribution in [1.29, 1.82) is 0 Å². The van der Waals surface area contributed by atoms with Gasteiger partial charge in [0.25, 0.3) is 0 Å². The number of nitrogens with one attached hydrogen (secondary N) is 2. The Morgan fingerprint density at radius 3 is 2.71 bits per heavy atom. The molecule has 1 aliphatic rings. The normalized spacial score (nSPS) is 15.6. The van der Waals surface area contributed by atoms with Crippen LogP contribution >= 0.6 is 11.3 Å². The first-order valence-electron chi connectivity index (χ1n) is 9.57. The molecule has 0 aliphatic carbocycles. The van der Waals surface area contributed by atoms with Crippen molar-refractivity contribution in [1.82, 2.24) is 15.5 Å². The number of H-pyrrole nitrogens is 1. The molecule has 1 saturated heterocycles. The van der Waals surface area contributed by atoms with Crippen LogP contribution in [-0.2, 0) is 4.79 Å². The predicted molar refractivity (Wildman–Crippen MR) is 115 cm³/mol. The number of rotatable bonds is 5. The fourth-order valence-corrected chi connectivity index (χ4v) is 4.14. The zero-order chi connectivity index (χ0) is 19.3. The predicted octanol–water partition coefficient (Wildman–Crippen LogP) is 4.33. The van der Waals surface area contributed by atoms with Gasteiger partial charge in [-0.15, -0.1) is 11.3 Å². The molecule has 1 fully saturated rings. The lowest BCUT2D eigenvalue weighted by atomic mass is 10.0. The molecule has 1 aliphatic heterocycles. The number of carbonyl (C=O) groups is 1. The van der Waals surface area contributed by atoms with E-state index in [1.807, 2.05) is 49.4 Å². The van der Waals surface area contributed by atoms with Gasteiger partial charge in [0.15, 0.2) is 5.82 Å². The molecule has 0 bridgehead atoms. The molecule has 5 nitrogen and oxygen atoms in total. The zero-order valence-corrected chi connectivity index (χ0v) is 16.7. The number of aromatic nitrogens is 2. The molecule has 2 N–H and O–H groups in total. The second-order valence-corrected chi connectivity index (χ2v) is 8.04. The minimum atomic E-state index is 0.0158. The molecule has 0 atom stereocenters. The van der Waals surface area contributed by atoms with Crippen molar-refractivity contribution >= 4 is 29.1 Å². The molecule has 28 heavy (non-hydrogen) atoms. The summed E-state index contributed by atoms with van der Waals surface area (Å²) in [5.74, 6) is 0.996. The minimum absolute atomic E-state index is 0.0158. The molecule has 1 amide bonds. The van der Waals surface area contributed by atoms with E-state index in [-0.39, 0.29) is 11.9 Å². The average Bonchev–Trinajstić information content (AvgIpc) is 3.41. The van der Waals surface area contributed by atoms with E-state index in [2.05, 4.69) is 37.9 Å². The third-order valence-electron chi connectivity index (χ3n) is 5.05. The average molecular weight is 393 g/mol. The Hall–Kier alpha value is -2.86. The second kappa shape index (κ2) is 8.44. The third-order valence-corrected chi connectivity index (χ3v) is 5.95. The molecule has 3 heterocycles. The molecule has 6 heteroatoms. The Kier molecular flexibility index (Phi) is 5.58. The van der Waals surface area contributed by atoms with Crippen molar-refractivity contribution in [3.05, 3.63) is 65.0 Å². The smallest absolute Gasteiger partial charge is 0.247 e. The van der Waals surface area contributed by atoms with Crippen molar-refractivity contribution < 1.29 is 4.79 Å². The third kappa shape index (κ3) is 4.34. The van der Waals surface area contributed by atoms with Gasteiger partial charge in [-0.2, -0.15) is 5.10 Å². The molecule has 0 unspecified atom stereocenters. The molecular formula is C22H24N4OS. The van der Waals surface area contributed by atoms with Crippen LogP contribution in [0.2, 0.25) is 0 Å². The number of amides is 1. The van der Waals surface area contributed by atoms with E-state index < -0.39 is 0 Å². The number of piperidine rings is 1. The SMILES string of the molecule is CC(=Cc1ccccc1)C(=O)NC1CCN(c2cc(-c3cccs3)[nH]n2)CC1. The van der Waals surface area contributed by atoms with Gasteiger partial charge in [0.1, 0.15) is 0 Å². The molecule has 2 aromatic heterocycles. The summed E-state index contributed by atoms with van der Waals surface area (Å²) in [6, 6.07) is 16.4. The van der Waals surface area contributed by atoms with Crippen LogP contribution in [0.1, 0.15) is 25.3 Å². The highest BCUT2D eigenvalue weighted by molar-refractivity contribution is 7.13. The molecule has 0 saturated carbocycles.